The Bertz CT molecular complexity index is 3480. The number of phenols is 4. The summed E-state index contributed by atoms with van der Waals surface area (Å²) in [5.74, 6) is 0.560. The highest BCUT2D eigenvalue weighted by Crippen LogP contribution is 2.54. The van der Waals surface area contributed by atoms with Gasteiger partial charge >= 0.3 is 0 Å². The Morgan fingerprint density at radius 3 is 0.526 bits per heavy atom. The highest BCUT2D eigenvalue weighted by molar-refractivity contribution is 5.90. The van der Waals surface area contributed by atoms with E-state index < -0.39 is 5.41 Å². The Kier molecular flexibility index (Phi) is 13.3. The summed E-state index contributed by atoms with van der Waals surface area (Å²) in [6, 6.07) is 97.0. The third-order valence-corrected chi connectivity index (χ3v) is 15.1. The molecule has 78 heavy (non-hydrogen) atoms. The maximum absolute atomic E-state index is 12.8. The van der Waals surface area contributed by atoms with E-state index in [0.29, 0.717) is 44.5 Å². The van der Waals surface area contributed by atoms with E-state index in [9.17, 15) is 20.4 Å². The van der Waals surface area contributed by atoms with Gasteiger partial charge in [-0.2, -0.15) is 0 Å². The minimum Gasteiger partial charge on any atom is -0.507 e. The molecule has 0 bridgehead atoms. The fourth-order valence-electron chi connectivity index (χ4n) is 11.3. The molecule has 0 amide bonds. The molecule has 0 aromatic heterocycles. The standard InChI is InChI=1S/C74H54O4/c75-70-62(51-25-9-1-10-26-51)41-50(42-63(70)52-27-11-2-12-28-52)49-74(59-43-64(53-29-13-3-14-30-53)71(76)65(44-59)54-31-15-4-16-32-54,60-45-66(55-33-17-5-18-34-55)72(77)67(46-60)56-35-19-6-20-36-56)61-47-68(57-37-21-7-22-38-57)73(78)69(48-61)58-39-23-8-24-40-58/h1-48,75-78H,49H2. The zero-order chi connectivity index (χ0) is 53.0. The Labute approximate surface area is 455 Å². The first kappa shape index (κ1) is 48.8. The zero-order valence-electron chi connectivity index (χ0n) is 42.7. The van der Waals surface area contributed by atoms with Gasteiger partial charge in [-0.1, -0.05) is 243 Å². The molecule has 374 valence electrons. The average molecular weight is 1010 g/mol. The van der Waals surface area contributed by atoms with Gasteiger partial charge in [-0.15, -0.1) is 0 Å². The molecule has 0 unspecified atom stereocenters. The molecule has 4 heteroatoms. The topological polar surface area (TPSA) is 80.9 Å². The van der Waals surface area contributed by atoms with Gasteiger partial charge in [0, 0.05) is 49.9 Å². The molecule has 0 saturated carbocycles. The van der Waals surface area contributed by atoms with Gasteiger partial charge in [0.05, 0.1) is 0 Å². The van der Waals surface area contributed by atoms with Crippen molar-refractivity contribution in [1.82, 2.24) is 0 Å². The first-order valence-electron chi connectivity index (χ1n) is 26.3. The van der Waals surface area contributed by atoms with Crippen LogP contribution < -0.4 is 0 Å². The summed E-state index contributed by atoms with van der Waals surface area (Å²) >= 11 is 0. The molecule has 4 N–H and O–H groups in total. The van der Waals surface area contributed by atoms with Gasteiger partial charge < -0.3 is 20.4 Å². The van der Waals surface area contributed by atoms with Gasteiger partial charge in [0.15, 0.2) is 0 Å². The Morgan fingerprint density at radius 1 is 0.205 bits per heavy atom. The van der Waals surface area contributed by atoms with Crippen LogP contribution in [0.5, 0.6) is 23.0 Å². The second kappa shape index (κ2) is 21.2. The normalized spacial score (nSPS) is 11.3. The molecule has 0 saturated heterocycles. The lowest BCUT2D eigenvalue weighted by atomic mass is 9.63. The fraction of sp³-hybridized carbons (Fsp3) is 0.0270. The zero-order valence-corrected chi connectivity index (χ0v) is 42.7. The van der Waals surface area contributed by atoms with E-state index in [-0.39, 0.29) is 29.4 Å². The molecule has 12 aromatic rings. The van der Waals surface area contributed by atoms with Crippen LogP contribution in [0, 0.1) is 0 Å². The van der Waals surface area contributed by atoms with Crippen LogP contribution >= 0.6 is 0 Å². The van der Waals surface area contributed by atoms with Crippen molar-refractivity contribution >= 4 is 0 Å². The van der Waals surface area contributed by atoms with Crippen molar-refractivity contribution in [2.24, 2.45) is 0 Å². The minimum atomic E-state index is -1.26. The predicted molar refractivity (Wildman–Crippen MR) is 320 cm³/mol. The number of hydrogen-bond donors (Lipinski definition) is 4. The van der Waals surface area contributed by atoms with Crippen LogP contribution in [-0.4, -0.2) is 20.4 Å². The minimum absolute atomic E-state index is 0.133. The summed E-state index contributed by atoms with van der Waals surface area (Å²) in [6.07, 6.45) is 0.278. The average Bonchev–Trinajstić information content (AvgIpc) is 3.70. The van der Waals surface area contributed by atoms with Crippen LogP contribution in [0.15, 0.2) is 291 Å². The van der Waals surface area contributed by atoms with Crippen LogP contribution in [0.1, 0.15) is 22.3 Å². The van der Waals surface area contributed by atoms with E-state index in [1.54, 1.807) is 0 Å². The number of aromatic hydroxyl groups is 4. The molecule has 0 heterocycles. The molecular weight excluding hydrogens is 953 g/mol. The van der Waals surface area contributed by atoms with Crippen molar-refractivity contribution < 1.29 is 20.4 Å². The summed E-state index contributed by atoms with van der Waals surface area (Å²) < 4.78 is 0. The van der Waals surface area contributed by atoms with E-state index in [4.69, 9.17) is 0 Å². The number of hydrogen-bond acceptors (Lipinski definition) is 4. The molecule has 0 aliphatic heterocycles. The van der Waals surface area contributed by atoms with E-state index in [0.717, 1.165) is 66.8 Å². The van der Waals surface area contributed by atoms with Crippen LogP contribution in [0.2, 0.25) is 0 Å². The fourth-order valence-corrected chi connectivity index (χ4v) is 11.3. The molecule has 0 radical (unpaired) electrons. The van der Waals surface area contributed by atoms with Crippen molar-refractivity contribution in [2.75, 3.05) is 0 Å². The molecule has 0 aliphatic carbocycles. The van der Waals surface area contributed by atoms with E-state index >= 15 is 0 Å². The number of benzene rings is 12. The predicted octanol–water partition coefficient (Wildman–Crippen LogP) is 18.4. The SMILES string of the molecule is Oc1c(-c2ccccc2)cc(CC(c2cc(-c3ccccc3)c(O)c(-c3ccccc3)c2)(c2cc(-c3ccccc3)c(O)c(-c3ccccc3)c2)c2cc(-c3ccccc3)c(O)c(-c3ccccc3)c2)cc1-c1ccccc1. The third-order valence-electron chi connectivity index (χ3n) is 15.1. The van der Waals surface area contributed by atoms with E-state index in [2.05, 4.69) is 48.5 Å². The second-order valence-corrected chi connectivity index (χ2v) is 19.8. The van der Waals surface area contributed by atoms with Gasteiger partial charge in [0.25, 0.3) is 0 Å². The van der Waals surface area contributed by atoms with Crippen molar-refractivity contribution in [1.29, 1.82) is 0 Å². The maximum Gasteiger partial charge on any atom is 0.131 e. The van der Waals surface area contributed by atoms with Gasteiger partial charge in [0.2, 0.25) is 0 Å². The smallest absolute Gasteiger partial charge is 0.131 e. The molecule has 0 fully saturated rings. The highest BCUT2D eigenvalue weighted by Gasteiger charge is 2.41. The van der Waals surface area contributed by atoms with Crippen LogP contribution in [0.25, 0.3) is 89.0 Å². The van der Waals surface area contributed by atoms with Crippen molar-refractivity contribution in [2.45, 2.75) is 11.8 Å². The van der Waals surface area contributed by atoms with Gasteiger partial charge in [-0.3, -0.25) is 0 Å². The van der Waals surface area contributed by atoms with Crippen LogP contribution in [0.4, 0.5) is 0 Å². The Hall–Kier alpha value is -10.2. The highest BCUT2D eigenvalue weighted by atomic mass is 16.3. The summed E-state index contributed by atoms with van der Waals surface area (Å²) in [7, 11) is 0. The summed E-state index contributed by atoms with van der Waals surface area (Å²) in [5.41, 5.74) is 13.9. The Morgan fingerprint density at radius 2 is 0.359 bits per heavy atom. The van der Waals surface area contributed by atoms with Crippen LogP contribution in [0.3, 0.4) is 0 Å². The molecule has 0 spiro atoms. The van der Waals surface area contributed by atoms with Crippen molar-refractivity contribution in [3.63, 3.8) is 0 Å². The third kappa shape index (κ3) is 9.27. The van der Waals surface area contributed by atoms with Crippen molar-refractivity contribution in [3.05, 3.63) is 313 Å². The largest absolute Gasteiger partial charge is 0.507 e. The van der Waals surface area contributed by atoms with Gasteiger partial charge in [-0.25, -0.2) is 0 Å². The lowest BCUT2D eigenvalue weighted by Gasteiger charge is -2.39. The molecule has 4 nitrogen and oxygen atoms in total. The van der Waals surface area contributed by atoms with E-state index in [1.807, 2.05) is 243 Å². The van der Waals surface area contributed by atoms with Crippen LogP contribution in [-0.2, 0) is 11.8 Å². The molecular formula is C74H54O4. The maximum atomic E-state index is 12.8. The molecule has 12 aromatic carbocycles. The van der Waals surface area contributed by atoms with Crippen molar-refractivity contribution in [3.8, 4) is 112 Å². The summed E-state index contributed by atoms with van der Waals surface area (Å²) in [4.78, 5) is 0. The first-order valence-corrected chi connectivity index (χ1v) is 26.3. The quantitative estimate of drug-likeness (QED) is 0.0868. The molecule has 0 atom stereocenters. The first-order chi connectivity index (χ1) is 38.3. The Balaban J connectivity index is 1.31. The molecule has 12 rings (SSSR count). The molecule has 0 aliphatic rings. The van der Waals surface area contributed by atoms with Gasteiger partial charge in [-0.05, 0) is 122 Å². The summed E-state index contributed by atoms with van der Waals surface area (Å²) in [6.45, 7) is 0. The monoisotopic (exact) mass is 1010 g/mol. The lowest BCUT2D eigenvalue weighted by molar-refractivity contribution is 0.476. The van der Waals surface area contributed by atoms with E-state index in [1.165, 1.54) is 0 Å². The summed E-state index contributed by atoms with van der Waals surface area (Å²) in [5, 5.41) is 51.0. The van der Waals surface area contributed by atoms with Gasteiger partial charge in [0.1, 0.15) is 23.0 Å². The second-order valence-electron chi connectivity index (χ2n) is 19.8. The number of rotatable bonds is 13. The lowest BCUT2D eigenvalue weighted by Crippen LogP contribution is -2.33. The number of phenolic OH excluding ortho intramolecular Hbond substituents is 4.